The Morgan fingerprint density at radius 1 is 1.22 bits per heavy atom. The molecule has 0 spiro atoms. The van der Waals surface area contributed by atoms with Gasteiger partial charge in [-0.25, -0.2) is 8.78 Å². The fourth-order valence-electron chi connectivity index (χ4n) is 3.02. The number of likely N-dealkylation sites (tertiary alicyclic amines) is 1. The number of halogens is 3. The smallest absolute Gasteiger partial charge is 0.274 e. The molecule has 1 amide bonds. The van der Waals surface area contributed by atoms with Crippen molar-refractivity contribution in [2.24, 2.45) is 0 Å². The first-order valence-corrected chi connectivity index (χ1v) is 9.92. The monoisotopic (exact) mass is 453 g/mol. The number of hydrogen-bond donors (Lipinski definition) is 0. The normalized spacial score (nSPS) is 15.3. The molecule has 9 heteroatoms. The van der Waals surface area contributed by atoms with Crippen LogP contribution in [0.5, 0.6) is 5.19 Å². The number of amides is 1. The van der Waals surface area contributed by atoms with Gasteiger partial charge in [-0.3, -0.25) is 9.78 Å². The summed E-state index contributed by atoms with van der Waals surface area (Å²) in [6.45, 7) is 1.09. The zero-order valence-electron chi connectivity index (χ0n) is 14.0. The first-order valence-electron chi connectivity index (χ1n) is 8.31. The van der Waals surface area contributed by atoms with Gasteiger partial charge in [0, 0.05) is 48.9 Å². The molecule has 5 nitrogen and oxygen atoms in total. The summed E-state index contributed by atoms with van der Waals surface area (Å²) in [7, 11) is 0. The van der Waals surface area contributed by atoms with Gasteiger partial charge in [0.15, 0.2) is 5.82 Å². The van der Waals surface area contributed by atoms with Crippen molar-refractivity contribution in [2.75, 3.05) is 13.1 Å². The summed E-state index contributed by atoms with van der Waals surface area (Å²) in [5.74, 6) is -1.40. The Bertz CT molecular complexity index is 1010. The highest BCUT2D eigenvalue weighted by molar-refractivity contribution is 9.10. The van der Waals surface area contributed by atoms with E-state index in [1.165, 1.54) is 6.07 Å². The molecule has 1 aromatic carbocycles. The van der Waals surface area contributed by atoms with Gasteiger partial charge in [-0.05, 0) is 28.1 Å². The van der Waals surface area contributed by atoms with Crippen molar-refractivity contribution in [3.8, 4) is 5.19 Å². The number of piperidine rings is 1. The summed E-state index contributed by atoms with van der Waals surface area (Å²) in [5.41, 5.74) is 0.651. The Hall–Kier alpha value is -2.13. The molecule has 0 aliphatic carbocycles. The molecule has 1 saturated heterocycles. The number of carbonyl (C=O) groups is 1. The summed E-state index contributed by atoms with van der Waals surface area (Å²) in [5, 5.41) is 0.315. The number of benzene rings is 1. The van der Waals surface area contributed by atoms with E-state index >= 15 is 0 Å². The molecule has 3 heterocycles. The molecule has 0 N–H and O–H groups in total. The molecule has 1 fully saturated rings. The lowest BCUT2D eigenvalue weighted by molar-refractivity contribution is 0.0595. The average molecular weight is 454 g/mol. The maximum atomic E-state index is 13.8. The van der Waals surface area contributed by atoms with Gasteiger partial charge in [0.25, 0.3) is 11.1 Å². The van der Waals surface area contributed by atoms with E-state index in [9.17, 15) is 13.6 Å². The summed E-state index contributed by atoms with van der Waals surface area (Å²) in [6.07, 6.45) is 4.33. The van der Waals surface area contributed by atoms with Crippen LogP contribution in [0.25, 0.3) is 10.2 Å². The van der Waals surface area contributed by atoms with Crippen LogP contribution in [-0.2, 0) is 0 Å². The number of ether oxygens (including phenoxy) is 1. The highest BCUT2D eigenvalue weighted by atomic mass is 79.9. The van der Waals surface area contributed by atoms with Crippen LogP contribution in [0, 0.1) is 11.6 Å². The molecule has 0 unspecified atom stereocenters. The Labute approximate surface area is 166 Å². The molecule has 0 saturated carbocycles. The summed E-state index contributed by atoms with van der Waals surface area (Å²) in [4.78, 5) is 22.4. The second-order valence-electron chi connectivity index (χ2n) is 6.22. The molecule has 27 heavy (non-hydrogen) atoms. The van der Waals surface area contributed by atoms with Crippen LogP contribution in [-0.4, -0.2) is 40.0 Å². The van der Waals surface area contributed by atoms with Gasteiger partial charge in [0.05, 0.1) is 10.3 Å². The Kier molecular flexibility index (Phi) is 5.05. The molecule has 1 aliphatic rings. The standard InChI is InChI=1S/C18H14BrF2N3O2S/c19-11-5-10(8-22-9-11)17(25)24-3-1-13(2-4-24)26-18-23-16-14(21)6-12(20)7-15(16)27-18/h5-9,13H,1-4H2. The fourth-order valence-corrected chi connectivity index (χ4v) is 4.30. The maximum Gasteiger partial charge on any atom is 0.274 e. The second-order valence-corrected chi connectivity index (χ2v) is 8.12. The van der Waals surface area contributed by atoms with Crippen LogP contribution in [0.4, 0.5) is 8.78 Å². The predicted molar refractivity (Wildman–Crippen MR) is 101 cm³/mol. The third-order valence-electron chi connectivity index (χ3n) is 4.34. The van der Waals surface area contributed by atoms with Crippen molar-refractivity contribution in [1.82, 2.24) is 14.9 Å². The first kappa shape index (κ1) is 18.2. The highest BCUT2D eigenvalue weighted by Crippen LogP contribution is 2.32. The summed E-state index contributed by atoms with van der Waals surface area (Å²) < 4.78 is 34.1. The van der Waals surface area contributed by atoms with Crippen LogP contribution in [0.1, 0.15) is 23.2 Å². The topological polar surface area (TPSA) is 55.3 Å². The number of carbonyl (C=O) groups excluding carboxylic acids is 1. The van der Waals surface area contributed by atoms with E-state index in [0.717, 1.165) is 21.9 Å². The van der Waals surface area contributed by atoms with Crippen molar-refractivity contribution in [3.05, 3.63) is 52.3 Å². The van der Waals surface area contributed by atoms with Crippen LogP contribution in [0.3, 0.4) is 0 Å². The van der Waals surface area contributed by atoms with E-state index in [1.54, 1.807) is 23.4 Å². The molecule has 4 rings (SSSR count). The lowest BCUT2D eigenvalue weighted by atomic mass is 10.1. The van der Waals surface area contributed by atoms with E-state index in [4.69, 9.17) is 4.74 Å². The molecule has 3 aromatic rings. The lowest BCUT2D eigenvalue weighted by Gasteiger charge is -2.31. The van der Waals surface area contributed by atoms with E-state index in [-0.39, 0.29) is 17.5 Å². The third-order valence-corrected chi connectivity index (χ3v) is 5.67. The van der Waals surface area contributed by atoms with Crippen LogP contribution >= 0.6 is 27.3 Å². The SMILES string of the molecule is O=C(c1cncc(Br)c1)N1CCC(Oc2nc3c(F)cc(F)cc3s2)CC1. The van der Waals surface area contributed by atoms with Crippen molar-refractivity contribution >= 4 is 43.4 Å². The number of thiazole rings is 1. The van der Waals surface area contributed by atoms with Crippen LogP contribution < -0.4 is 4.74 Å². The minimum absolute atomic E-state index is 0.0696. The Balaban J connectivity index is 1.40. The van der Waals surface area contributed by atoms with E-state index < -0.39 is 11.6 Å². The average Bonchev–Trinajstić information content (AvgIpc) is 3.04. The number of aromatic nitrogens is 2. The quantitative estimate of drug-likeness (QED) is 0.588. The van der Waals surface area contributed by atoms with Gasteiger partial charge in [-0.1, -0.05) is 11.3 Å². The Morgan fingerprint density at radius 2 is 2.00 bits per heavy atom. The zero-order valence-corrected chi connectivity index (χ0v) is 16.4. The van der Waals surface area contributed by atoms with Gasteiger partial charge in [-0.2, -0.15) is 4.98 Å². The van der Waals surface area contributed by atoms with Gasteiger partial charge < -0.3 is 9.64 Å². The molecule has 140 valence electrons. The number of nitrogens with zero attached hydrogens (tertiary/aromatic N) is 3. The molecular weight excluding hydrogens is 440 g/mol. The lowest BCUT2D eigenvalue weighted by Crippen LogP contribution is -2.41. The molecule has 0 radical (unpaired) electrons. The maximum absolute atomic E-state index is 13.8. The van der Waals surface area contributed by atoms with Gasteiger partial charge in [-0.15, -0.1) is 0 Å². The number of pyridine rings is 1. The summed E-state index contributed by atoms with van der Waals surface area (Å²) >= 11 is 4.43. The zero-order chi connectivity index (χ0) is 19.0. The van der Waals surface area contributed by atoms with Crippen molar-refractivity contribution in [2.45, 2.75) is 18.9 Å². The van der Waals surface area contributed by atoms with Crippen LogP contribution in [0.2, 0.25) is 0 Å². The largest absolute Gasteiger partial charge is 0.467 e. The van der Waals surface area contributed by atoms with Gasteiger partial charge in [0.2, 0.25) is 0 Å². The van der Waals surface area contributed by atoms with Crippen LogP contribution in [0.15, 0.2) is 35.1 Å². The van der Waals surface area contributed by atoms with Crippen molar-refractivity contribution < 1.29 is 18.3 Å². The third kappa shape index (κ3) is 3.93. The molecule has 2 aromatic heterocycles. The predicted octanol–water partition coefficient (Wildman–Crippen LogP) is 4.42. The second kappa shape index (κ2) is 7.47. The van der Waals surface area contributed by atoms with Crippen molar-refractivity contribution in [1.29, 1.82) is 0 Å². The first-order chi connectivity index (χ1) is 13.0. The van der Waals surface area contributed by atoms with E-state index in [1.807, 2.05) is 0 Å². The number of rotatable bonds is 3. The van der Waals surface area contributed by atoms with E-state index in [0.29, 0.717) is 41.4 Å². The number of fused-ring (bicyclic) bond motifs is 1. The fraction of sp³-hybridized carbons (Fsp3) is 0.278. The van der Waals surface area contributed by atoms with Gasteiger partial charge in [0.1, 0.15) is 17.4 Å². The molecular formula is C18H14BrF2N3O2S. The highest BCUT2D eigenvalue weighted by Gasteiger charge is 2.26. The molecule has 1 aliphatic heterocycles. The minimum atomic E-state index is -0.695. The summed E-state index contributed by atoms with van der Waals surface area (Å²) in [6, 6.07) is 3.80. The Morgan fingerprint density at radius 3 is 2.74 bits per heavy atom. The van der Waals surface area contributed by atoms with Crippen molar-refractivity contribution in [3.63, 3.8) is 0 Å². The molecule has 0 bridgehead atoms. The molecule has 0 atom stereocenters. The number of hydrogen-bond acceptors (Lipinski definition) is 5. The van der Waals surface area contributed by atoms with Gasteiger partial charge >= 0.3 is 0 Å². The minimum Gasteiger partial charge on any atom is -0.467 e. The van der Waals surface area contributed by atoms with E-state index in [2.05, 4.69) is 25.9 Å².